The molecule has 0 unspecified atom stereocenters. The summed E-state index contributed by atoms with van der Waals surface area (Å²) in [5.74, 6) is 1.67. The minimum absolute atomic E-state index is 0.0708. The van der Waals surface area contributed by atoms with Crippen LogP contribution in [0.2, 0.25) is 0 Å². The van der Waals surface area contributed by atoms with E-state index in [0.717, 1.165) is 6.54 Å². The third kappa shape index (κ3) is 5.49. The van der Waals surface area contributed by atoms with Crippen molar-refractivity contribution in [3.05, 3.63) is 53.6 Å². The first-order valence-electron chi connectivity index (χ1n) is 8.72. The molecule has 2 rings (SSSR count). The monoisotopic (exact) mass is 356 g/mol. The van der Waals surface area contributed by atoms with E-state index in [2.05, 4.69) is 43.4 Å². The Hall–Kier alpha value is -2.53. The van der Waals surface area contributed by atoms with Crippen molar-refractivity contribution in [1.82, 2.24) is 4.90 Å². The lowest BCUT2D eigenvalue weighted by molar-refractivity contribution is -0.117. The molecule has 5 heteroatoms. The van der Waals surface area contributed by atoms with E-state index in [1.54, 1.807) is 32.4 Å². The lowest BCUT2D eigenvalue weighted by Gasteiger charge is -2.17. The number of hydrogen-bond acceptors (Lipinski definition) is 4. The van der Waals surface area contributed by atoms with Crippen molar-refractivity contribution >= 4 is 11.6 Å². The first-order valence-corrected chi connectivity index (χ1v) is 8.72. The Labute approximate surface area is 155 Å². The van der Waals surface area contributed by atoms with Gasteiger partial charge in [-0.2, -0.15) is 0 Å². The zero-order chi connectivity index (χ0) is 19.1. The molecular weight excluding hydrogens is 328 g/mol. The van der Waals surface area contributed by atoms with Crippen LogP contribution in [0.1, 0.15) is 30.9 Å². The lowest BCUT2D eigenvalue weighted by atomic mass is 10.0. The standard InChI is InChI=1S/C21H28N2O3/c1-15(2)17-8-6-16(7-9-17)13-23(3)14-21(24)22-18-10-11-19(25-4)20(12-18)26-5/h6-12,15H,13-14H2,1-5H3,(H,22,24). The number of methoxy groups -OCH3 is 2. The molecule has 2 aromatic carbocycles. The molecule has 0 heterocycles. The van der Waals surface area contributed by atoms with Crippen LogP contribution in [0.25, 0.3) is 0 Å². The van der Waals surface area contributed by atoms with Crippen LogP contribution in [0, 0.1) is 0 Å². The van der Waals surface area contributed by atoms with Crippen LogP contribution in [0.3, 0.4) is 0 Å². The fourth-order valence-electron chi connectivity index (χ4n) is 2.74. The highest BCUT2D eigenvalue weighted by Crippen LogP contribution is 2.29. The van der Waals surface area contributed by atoms with Crippen LogP contribution in [0.15, 0.2) is 42.5 Å². The largest absolute Gasteiger partial charge is 0.493 e. The molecule has 0 radical (unpaired) electrons. The van der Waals surface area contributed by atoms with Gasteiger partial charge in [0, 0.05) is 18.3 Å². The van der Waals surface area contributed by atoms with Crippen molar-refractivity contribution in [3.63, 3.8) is 0 Å². The van der Waals surface area contributed by atoms with Gasteiger partial charge < -0.3 is 14.8 Å². The second-order valence-electron chi connectivity index (χ2n) is 6.69. The van der Waals surface area contributed by atoms with Gasteiger partial charge in [-0.1, -0.05) is 38.1 Å². The highest BCUT2D eigenvalue weighted by Gasteiger charge is 2.10. The van der Waals surface area contributed by atoms with Crippen molar-refractivity contribution in [3.8, 4) is 11.5 Å². The summed E-state index contributed by atoms with van der Waals surface area (Å²) in [6.07, 6.45) is 0. The number of carbonyl (C=O) groups is 1. The second-order valence-corrected chi connectivity index (χ2v) is 6.69. The zero-order valence-electron chi connectivity index (χ0n) is 16.2. The molecule has 0 atom stereocenters. The van der Waals surface area contributed by atoms with E-state index in [9.17, 15) is 4.79 Å². The van der Waals surface area contributed by atoms with E-state index in [0.29, 0.717) is 29.6 Å². The molecule has 0 aromatic heterocycles. The molecule has 26 heavy (non-hydrogen) atoms. The summed E-state index contributed by atoms with van der Waals surface area (Å²) >= 11 is 0. The van der Waals surface area contributed by atoms with Crippen molar-refractivity contribution in [2.75, 3.05) is 33.1 Å². The molecule has 0 bridgehead atoms. The molecule has 0 aliphatic carbocycles. The van der Waals surface area contributed by atoms with Crippen molar-refractivity contribution in [2.24, 2.45) is 0 Å². The summed E-state index contributed by atoms with van der Waals surface area (Å²) in [6, 6.07) is 13.9. The lowest BCUT2D eigenvalue weighted by Crippen LogP contribution is -2.29. The van der Waals surface area contributed by atoms with Crippen LogP contribution in [-0.2, 0) is 11.3 Å². The average molecular weight is 356 g/mol. The third-order valence-corrected chi connectivity index (χ3v) is 4.18. The van der Waals surface area contributed by atoms with E-state index in [4.69, 9.17) is 9.47 Å². The van der Waals surface area contributed by atoms with Crippen molar-refractivity contribution in [2.45, 2.75) is 26.3 Å². The predicted molar refractivity (Wildman–Crippen MR) is 105 cm³/mol. The summed E-state index contributed by atoms with van der Waals surface area (Å²) < 4.78 is 10.5. The number of rotatable bonds is 8. The van der Waals surface area contributed by atoms with Crippen LogP contribution in [-0.4, -0.2) is 38.6 Å². The van der Waals surface area contributed by atoms with E-state index in [1.165, 1.54) is 11.1 Å². The molecule has 1 amide bonds. The van der Waals surface area contributed by atoms with Gasteiger partial charge in [-0.25, -0.2) is 0 Å². The minimum atomic E-state index is -0.0708. The zero-order valence-corrected chi connectivity index (χ0v) is 16.2. The molecular formula is C21H28N2O3. The Bertz CT molecular complexity index is 727. The first-order chi connectivity index (χ1) is 12.4. The summed E-state index contributed by atoms with van der Waals surface area (Å²) in [7, 11) is 5.09. The Morgan fingerprint density at radius 1 is 1.04 bits per heavy atom. The Balaban J connectivity index is 1.90. The molecule has 140 valence electrons. The van der Waals surface area contributed by atoms with Crippen LogP contribution < -0.4 is 14.8 Å². The average Bonchev–Trinajstić information content (AvgIpc) is 2.61. The van der Waals surface area contributed by atoms with Crippen molar-refractivity contribution < 1.29 is 14.3 Å². The molecule has 0 aliphatic rings. The Kier molecular flexibility index (Phi) is 7.04. The van der Waals surface area contributed by atoms with Gasteiger partial charge in [-0.05, 0) is 36.2 Å². The number of benzene rings is 2. The number of carbonyl (C=O) groups excluding carboxylic acids is 1. The molecule has 0 saturated heterocycles. The summed E-state index contributed by atoms with van der Waals surface area (Å²) in [6.45, 7) is 5.39. The molecule has 0 spiro atoms. The van der Waals surface area contributed by atoms with Gasteiger partial charge in [0.25, 0.3) is 0 Å². The summed E-state index contributed by atoms with van der Waals surface area (Å²) in [5.41, 5.74) is 3.20. The van der Waals surface area contributed by atoms with Gasteiger partial charge >= 0.3 is 0 Å². The summed E-state index contributed by atoms with van der Waals surface area (Å²) in [5, 5.41) is 2.89. The third-order valence-electron chi connectivity index (χ3n) is 4.18. The fraction of sp³-hybridized carbons (Fsp3) is 0.381. The molecule has 0 aliphatic heterocycles. The maximum atomic E-state index is 12.3. The molecule has 1 N–H and O–H groups in total. The molecule has 0 saturated carbocycles. The maximum absolute atomic E-state index is 12.3. The van der Waals surface area contributed by atoms with Crippen molar-refractivity contribution in [1.29, 1.82) is 0 Å². The first kappa shape index (κ1) is 19.8. The Morgan fingerprint density at radius 3 is 2.27 bits per heavy atom. The van der Waals surface area contributed by atoms with E-state index < -0.39 is 0 Å². The number of nitrogens with one attached hydrogen (secondary N) is 1. The van der Waals surface area contributed by atoms with Crippen LogP contribution in [0.5, 0.6) is 11.5 Å². The smallest absolute Gasteiger partial charge is 0.238 e. The second kappa shape index (κ2) is 9.25. The quantitative estimate of drug-likeness (QED) is 0.779. The Morgan fingerprint density at radius 2 is 1.69 bits per heavy atom. The van der Waals surface area contributed by atoms with E-state index in [-0.39, 0.29) is 5.91 Å². The number of amides is 1. The number of likely N-dealkylation sites (N-methyl/N-ethyl adjacent to an activating group) is 1. The normalized spacial score (nSPS) is 10.9. The van der Waals surface area contributed by atoms with E-state index in [1.807, 2.05) is 11.9 Å². The number of ether oxygens (including phenoxy) is 2. The van der Waals surface area contributed by atoms with Gasteiger partial charge in [0.2, 0.25) is 5.91 Å². The highest BCUT2D eigenvalue weighted by molar-refractivity contribution is 5.92. The fourth-order valence-corrected chi connectivity index (χ4v) is 2.74. The van der Waals surface area contributed by atoms with Gasteiger partial charge in [-0.15, -0.1) is 0 Å². The van der Waals surface area contributed by atoms with Gasteiger partial charge in [-0.3, -0.25) is 9.69 Å². The predicted octanol–water partition coefficient (Wildman–Crippen LogP) is 3.90. The molecule has 0 fully saturated rings. The molecule has 2 aromatic rings. The van der Waals surface area contributed by atoms with Gasteiger partial charge in [0.15, 0.2) is 11.5 Å². The SMILES string of the molecule is COc1ccc(NC(=O)CN(C)Cc2ccc(C(C)C)cc2)cc1OC. The highest BCUT2D eigenvalue weighted by atomic mass is 16.5. The minimum Gasteiger partial charge on any atom is -0.493 e. The van der Waals surface area contributed by atoms with E-state index >= 15 is 0 Å². The number of nitrogens with zero attached hydrogens (tertiary/aromatic N) is 1. The number of anilines is 1. The van der Waals surface area contributed by atoms with Gasteiger partial charge in [0.05, 0.1) is 20.8 Å². The topological polar surface area (TPSA) is 50.8 Å². The van der Waals surface area contributed by atoms with Crippen LogP contribution in [0.4, 0.5) is 5.69 Å². The number of hydrogen-bond donors (Lipinski definition) is 1. The maximum Gasteiger partial charge on any atom is 0.238 e. The van der Waals surface area contributed by atoms with Gasteiger partial charge in [0.1, 0.15) is 0 Å². The van der Waals surface area contributed by atoms with Crippen LogP contribution >= 0.6 is 0 Å². The summed E-state index contributed by atoms with van der Waals surface area (Å²) in [4.78, 5) is 14.3. The molecule has 5 nitrogen and oxygen atoms in total.